The molecule has 1 N–H and O–H groups in total. The highest BCUT2D eigenvalue weighted by Crippen LogP contribution is 2.19. The van der Waals surface area contributed by atoms with Gasteiger partial charge in [0, 0.05) is 6.92 Å². The molecule has 6 heteroatoms. The minimum Gasteiger partial charge on any atom is -0.464 e. The van der Waals surface area contributed by atoms with E-state index >= 15 is 0 Å². The Morgan fingerprint density at radius 1 is 1.55 bits per heavy atom. The number of ether oxygens (including phenoxy) is 1. The van der Waals surface area contributed by atoms with Crippen LogP contribution in [-0.2, 0) is 9.53 Å². The van der Waals surface area contributed by atoms with Crippen LogP contribution in [0.1, 0.15) is 31.9 Å². The van der Waals surface area contributed by atoms with Crippen molar-refractivity contribution in [2.75, 3.05) is 6.61 Å². The van der Waals surface area contributed by atoms with E-state index in [0.29, 0.717) is 23.0 Å². The Morgan fingerprint density at radius 2 is 2.30 bits per heavy atom. The van der Waals surface area contributed by atoms with Gasteiger partial charge in [-0.25, -0.2) is 4.79 Å². The van der Waals surface area contributed by atoms with Crippen LogP contribution in [0.25, 0.3) is 11.0 Å². The van der Waals surface area contributed by atoms with Gasteiger partial charge in [-0.15, -0.1) is 0 Å². The first-order valence-electron chi connectivity index (χ1n) is 6.34. The molecule has 0 saturated carbocycles. The van der Waals surface area contributed by atoms with Crippen molar-refractivity contribution < 1.29 is 9.53 Å². The van der Waals surface area contributed by atoms with Gasteiger partial charge in [0.25, 0.3) is 0 Å². The zero-order chi connectivity index (χ0) is 14.7. The normalized spacial score (nSPS) is 12.1. The summed E-state index contributed by atoms with van der Waals surface area (Å²) < 4.78 is 6.57. The first kappa shape index (κ1) is 13.9. The van der Waals surface area contributed by atoms with Gasteiger partial charge in [0.05, 0.1) is 28.7 Å². The van der Waals surface area contributed by atoms with Crippen LogP contribution in [0.2, 0.25) is 0 Å². The third-order valence-electron chi connectivity index (χ3n) is 3.16. The van der Waals surface area contributed by atoms with Crippen molar-refractivity contribution in [3.63, 3.8) is 0 Å². The maximum atomic E-state index is 12.1. The summed E-state index contributed by atoms with van der Waals surface area (Å²) >= 11 is 0. The van der Waals surface area contributed by atoms with Crippen LogP contribution in [-0.4, -0.2) is 22.1 Å². The number of nitriles is 1. The second kappa shape index (κ2) is 5.61. The number of carbonyl (C=O) groups is 1. The zero-order valence-corrected chi connectivity index (χ0v) is 11.3. The second-order valence-corrected chi connectivity index (χ2v) is 4.51. The highest BCUT2D eigenvalue weighted by Gasteiger charge is 2.17. The number of fused-ring (bicyclic) bond motifs is 1. The molecule has 20 heavy (non-hydrogen) atoms. The molecule has 0 unspecified atom stereocenters. The van der Waals surface area contributed by atoms with E-state index < -0.39 is 0 Å². The van der Waals surface area contributed by atoms with E-state index in [0.717, 1.165) is 0 Å². The molecule has 0 radical (unpaired) electrons. The molecule has 0 bridgehead atoms. The van der Waals surface area contributed by atoms with Gasteiger partial charge in [-0.2, -0.15) is 5.26 Å². The zero-order valence-electron chi connectivity index (χ0n) is 11.3. The summed E-state index contributed by atoms with van der Waals surface area (Å²) in [7, 11) is 0. The van der Waals surface area contributed by atoms with Gasteiger partial charge in [-0.3, -0.25) is 9.36 Å². The summed E-state index contributed by atoms with van der Waals surface area (Å²) in [4.78, 5) is 25.7. The molecule has 0 aliphatic carbocycles. The predicted molar refractivity (Wildman–Crippen MR) is 73.2 cm³/mol. The number of carbonyl (C=O) groups excluding carboxylic acids is 1. The van der Waals surface area contributed by atoms with Gasteiger partial charge in [0.15, 0.2) is 0 Å². The largest absolute Gasteiger partial charge is 0.464 e. The molecule has 0 spiro atoms. The number of aromatic amines is 1. The van der Waals surface area contributed by atoms with Crippen molar-refractivity contribution in [1.29, 1.82) is 5.26 Å². The molecule has 1 aromatic heterocycles. The lowest BCUT2D eigenvalue weighted by Gasteiger charge is -2.16. The van der Waals surface area contributed by atoms with Crippen molar-refractivity contribution in [1.82, 2.24) is 9.55 Å². The first-order valence-corrected chi connectivity index (χ1v) is 6.34. The molecule has 1 aromatic carbocycles. The second-order valence-electron chi connectivity index (χ2n) is 4.51. The standard InChI is InChI=1S/C14H15N3O3/c1-3-11(8-20-9(2)18)17-13-5-4-10(7-15)6-12(13)16-14(17)19/h4-6,11H,3,8H2,1-2H3,(H,16,19)/t11-/m1/s1. The Hall–Kier alpha value is -2.55. The molecule has 2 aromatic rings. The minimum absolute atomic E-state index is 0.151. The summed E-state index contributed by atoms with van der Waals surface area (Å²) in [5, 5.41) is 8.87. The first-order chi connectivity index (χ1) is 9.56. The van der Waals surface area contributed by atoms with Gasteiger partial charge in [0.2, 0.25) is 0 Å². The topological polar surface area (TPSA) is 87.9 Å². The fourth-order valence-corrected chi connectivity index (χ4v) is 2.15. The van der Waals surface area contributed by atoms with Crippen LogP contribution in [0.15, 0.2) is 23.0 Å². The fraction of sp³-hybridized carbons (Fsp3) is 0.357. The third-order valence-corrected chi connectivity index (χ3v) is 3.16. The van der Waals surface area contributed by atoms with Gasteiger partial charge < -0.3 is 9.72 Å². The third kappa shape index (κ3) is 2.57. The number of benzene rings is 1. The van der Waals surface area contributed by atoms with Gasteiger partial charge in [-0.05, 0) is 24.6 Å². The number of hydrogen-bond donors (Lipinski definition) is 1. The van der Waals surface area contributed by atoms with Crippen molar-refractivity contribution in [3.05, 3.63) is 34.2 Å². The maximum absolute atomic E-state index is 12.1. The summed E-state index contributed by atoms with van der Waals surface area (Å²) in [5.74, 6) is -0.372. The molecule has 0 aliphatic rings. The molecule has 104 valence electrons. The SMILES string of the molecule is CC[C@H](COC(C)=O)n1c(=O)[nH]c2cc(C#N)ccc21. The molecule has 1 heterocycles. The number of aromatic nitrogens is 2. The van der Waals surface area contributed by atoms with Gasteiger partial charge in [-0.1, -0.05) is 6.92 Å². The lowest BCUT2D eigenvalue weighted by molar-refractivity contribution is -0.142. The lowest BCUT2D eigenvalue weighted by atomic mass is 10.2. The summed E-state index contributed by atoms with van der Waals surface area (Å²) in [6.07, 6.45) is 0.653. The molecular weight excluding hydrogens is 258 g/mol. The lowest BCUT2D eigenvalue weighted by Crippen LogP contribution is -2.26. The van der Waals surface area contributed by atoms with E-state index in [1.807, 2.05) is 13.0 Å². The van der Waals surface area contributed by atoms with Crippen LogP contribution < -0.4 is 5.69 Å². The molecule has 0 amide bonds. The molecule has 0 saturated heterocycles. The Kier molecular flexibility index (Phi) is 3.89. The molecule has 2 rings (SSSR count). The highest BCUT2D eigenvalue weighted by molar-refractivity contribution is 5.77. The Balaban J connectivity index is 2.47. The Bertz CT molecular complexity index is 736. The predicted octanol–water partition coefficient (Wildman–Crippen LogP) is 1.72. The maximum Gasteiger partial charge on any atom is 0.326 e. The van der Waals surface area contributed by atoms with E-state index in [-0.39, 0.29) is 24.3 Å². The number of esters is 1. The number of nitrogens with zero attached hydrogens (tertiary/aromatic N) is 2. The quantitative estimate of drug-likeness (QED) is 0.859. The van der Waals surface area contributed by atoms with E-state index in [4.69, 9.17) is 10.00 Å². The average molecular weight is 273 g/mol. The fourth-order valence-electron chi connectivity index (χ4n) is 2.15. The van der Waals surface area contributed by atoms with Crippen molar-refractivity contribution in [3.8, 4) is 6.07 Å². The molecule has 6 nitrogen and oxygen atoms in total. The van der Waals surface area contributed by atoms with Crippen molar-refractivity contribution in [2.45, 2.75) is 26.3 Å². The van der Waals surface area contributed by atoms with Crippen LogP contribution in [0.3, 0.4) is 0 Å². The summed E-state index contributed by atoms with van der Waals surface area (Å²) in [6, 6.07) is 6.81. The Morgan fingerprint density at radius 3 is 2.90 bits per heavy atom. The van der Waals surface area contributed by atoms with Crippen LogP contribution >= 0.6 is 0 Å². The van der Waals surface area contributed by atoms with Crippen LogP contribution in [0, 0.1) is 11.3 Å². The molecule has 0 fully saturated rings. The van der Waals surface area contributed by atoms with E-state index in [2.05, 4.69) is 4.98 Å². The monoisotopic (exact) mass is 273 g/mol. The summed E-state index contributed by atoms with van der Waals surface area (Å²) in [6.45, 7) is 3.41. The van der Waals surface area contributed by atoms with Crippen LogP contribution in [0.4, 0.5) is 0 Å². The van der Waals surface area contributed by atoms with Crippen molar-refractivity contribution >= 4 is 17.0 Å². The van der Waals surface area contributed by atoms with E-state index in [9.17, 15) is 9.59 Å². The number of rotatable bonds is 4. The summed E-state index contributed by atoms with van der Waals surface area (Å²) in [5.41, 5.74) is 1.52. The van der Waals surface area contributed by atoms with E-state index in [1.54, 1.807) is 22.8 Å². The van der Waals surface area contributed by atoms with Crippen LogP contribution in [0.5, 0.6) is 0 Å². The highest BCUT2D eigenvalue weighted by atomic mass is 16.5. The van der Waals surface area contributed by atoms with Crippen molar-refractivity contribution in [2.24, 2.45) is 0 Å². The number of nitrogens with one attached hydrogen (secondary N) is 1. The average Bonchev–Trinajstić information content (AvgIpc) is 2.75. The minimum atomic E-state index is -0.372. The smallest absolute Gasteiger partial charge is 0.326 e. The Labute approximate surface area is 115 Å². The molecule has 0 aliphatic heterocycles. The number of hydrogen-bond acceptors (Lipinski definition) is 4. The van der Waals surface area contributed by atoms with Gasteiger partial charge in [0.1, 0.15) is 6.61 Å². The molecular formula is C14H15N3O3. The number of H-pyrrole nitrogens is 1. The number of imidazole rings is 1. The van der Waals surface area contributed by atoms with E-state index in [1.165, 1.54) is 6.92 Å². The van der Waals surface area contributed by atoms with Gasteiger partial charge >= 0.3 is 11.7 Å². The molecule has 1 atom stereocenters.